The lowest BCUT2D eigenvalue weighted by atomic mass is 10.1. The van der Waals surface area contributed by atoms with Crippen LogP contribution >= 0.6 is 11.3 Å². The van der Waals surface area contributed by atoms with Crippen molar-refractivity contribution < 1.29 is 23.5 Å². The van der Waals surface area contributed by atoms with Crippen LogP contribution in [0.3, 0.4) is 0 Å². The molecule has 7 heteroatoms. The number of anilines is 1. The molecule has 0 atom stereocenters. The van der Waals surface area contributed by atoms with E-state index in [4.69, 9.17) is 9.47 Å². The first kappa shape index (κ1) is 19.0. The van der Waals surface area contributed by atoms with Gasteiger partial charge in [-0.15, -0.1) is 11.3 Å². The lowest BCUT2D eigenvalue weighted by molar-refractivity contribution is 0.0600. The number of hydrogen-bond donors (Lipinski definition) is 1. The standard InChI is InChI=1S/C20H18FNO4S/c1-11-7-8-12(20(24)26-3)9-15(11)22-19(23)18-13(10-25-2)17-14(21)5-4-6-16(17)27-18/h4-9H,10H2,1-3H3,(H,22,23). The Balaban J connectivity index is 2.01. The predicted molar refractivity (Wildman–Crippen MR) is 103 cm³/mol. The van der Waals surface area contributed by atoms with Crippen molar-refractivity contribution in [3.05, 3.63) is 63.8 Å². The molecule has 3 aromatic rings. The molecule has 2 aromatic carbocycles. The van der Waals surface area contributed by atoms with E-state index in [-0.39, 0.29) is 12.5 Å². The first-order chi connectivity index (χ1) is 13.0. The van der Waals surface area contributed by atoms with Crippen molar-refractivity contribution in [3.8, 4) is 0 Å². The van der Waals surface area contributed by atoms with Gasteiger partial charge in [-0.2, -0.15) is 0 Å². The van der Waals surface area contributed by atoms with Crippen LogP contribution in [0.5, 0.6) is 0 Å². The molecule has 0 bridgehead atoms. The topological polar surface area (TPSA) is 64.6 Å². The summed E-state index contributed by atoms with van der Waals surface area (Å²) in [4.78, 5) is 25.0. The van der Waals surface area contributed by atoms with Crippen molar-refractivity contribution in [2.45, 2.75) is 13.5 Å². The van der Waals surface area contributed by atoms with Crippen molar-refractivity contribution >= 4 is 39.0 Å². The Labute approximate surface area is 159 Å². The Hall–Kier alpha value is -2.77. The Morgan fingerprint density at radius 3 is 2.67 bits per heavy atom. The lowest BCUT2D eigenvalue weighted by Gasteiger charge is -2.10. The van der Waals surface area contributed by atoms with Gasteiger partial charge in [-0.1, -0.05) is 12.1 Å². The van der Waals surface area contributed by atoms with Gasteiger partial charge in [-0.05, 0) is 36.8 Å². The molecule has 0 saturated carbocycles. The fourth-order valence-electron chi connectivity index (χ4n) is 2.81. The smallest absolute Gasteiger partial charge is 0.337 e. The van der Waals surface area contributed by atoms with Crippen LogP contribution in [0.2, 0.25) is 0 Å². The molecule has 1 aromatic heterocycles. The summed E-state index contributed by atoms with van der Waals surface area (Å²) in [5, 5.41) is 3.21. The largest absolute Gasteiger partial charge is 0.465 e. The van der Waals surface area contributed by atoms with Gasteiger partial charge in [-0.3, -0.25) is 4.79 Å². The van der Waals surface area contributed by atoms with Crippen LogP contribution in [0, 0.1) is 12.7 Å². The molecule has 3 rings (SSSR count). The zero-order valence-electron chi connectivity index (χ0n) is 15.1. The van der Waals surface area contributed by atoms with Gasteiger partial charge in [0.1, 0.15) is 5.82 Å². The van der Waals surface area contributed by atoms with Gasteiger partial charge in [0.15, 0.2) is 0 Å². The molecule has 1 amide bonds. The normalized spacial score (nSPS) is 10.8. The van der Waals surface area contributed by atoms with Crippen molar-refractivity contribution in [2.75, 3.05) is 19.5 Å². The average molecular weight is 387 g/mol. The highest BCUT2D eigenvalue weighted by Gasteiger charge is 2.21. The van der Waals surface area contributed by atoms with E-state index in [1.807, 2.05) is 6.92 Å². The third kappa shape index (κ3) is 3.70. The number of benzene rings is 2. The quantitative estimate of drug-likeness (QED) is 0.653. The van der Waals surface area contributed by atoms with Gasteiger partial charge in [0.2, 0.25) is 0 Å². The number of thiophene rings is 1. The van der Waals surface area contributed by atoms with Crippen molar-refractivity contribution in [2.24, 2.45) is 0 Å². The fourth-order valence-corrected chi connectivity index (χ4v) is 3.93. The zero-order chi connectivity index (χ0) is 19.6. The molecular formula is C20H18FNO4S. The van der Waals surface area contributed by atoms with E-state index in [2.05, 4.69) is 5.32 Å². The Morgan fingerprint density at radius 2 is 1.96 bits per heavy atom. The molecule has 140 valence electrons. The number of carbonyl (C=O) groups excluding carboxylic acids is 2. The highest BCUT2D eigenvalue weighted by molar-refractivity contribution is 7.21. The minimum Gasteiger partial charge on any atom is -0.465 e. The predicted octanol–water partition coefficient (Wildman–Crippen LogP) is 4.53. The summed E-state index contributed by atoms with van der Waals surface area (Å²) in [5.74, 6) is -1.26. The molecule has 0 radical (unpaired) electrons. The molecule has 0 saturated heterocycles. The molecule has 27 heavy (non-hydrogen) atoms. The molecule has 0 fully saturated rings. The summed E-state index contributed by atoms with van der Waals surface area (Å²) in [6, 6.07) is 9.64. The van der Waals surface area contributed by atoms with Gasteiger partial charge in [0, 0.05) is 28.4 Å². The van der Waals surface area contributed by atoms with Crippen molar-refractivity contribution in [1.29, 1.82) is 0 Å². The number of hydrogen-bond acceptors (Lipinski definition) is 5. The summed E-state index contributed by atoms with van der Waals surface area (Å²) in [5.41, 5.74) is 2.12. The number of carbonyl (C=O) groups is 2. The summed E-state index contributed by atoms with van der Waals surface area (Å²) in [6.45, 7) is 1.93. The van der Waals surface area contributed by atoms with Crippen LogP contribution < -0.4 is 5.32 Å². The maximum atomic E-state index is 14.3. The summed E-state index contributed by atoms with van der Waals surface area (Å²) >= 11 is 1.20. The second-order valence-electron chi connectivity index (χ2n) is 5.93. The van der Waals surface area contributed by atoms with Gasteiger partial charge >= 0.3 is 5.97 Å². The number of nitrogens with one attached hydrogen (secondary N) is 1. The molecular weight excluding hydrogens is 369 g/mol. The number of esters is 1. The molecule has 5 nitrogen and oxygen atoms in total. The van der Waals surface area contributed by atoms with E-state index in [9.17, 15) is 14.0 Å². The number of ether oxygens (including phenoxy) is 2. The van der Waals surface area contributed by atoms with Crippen LogP contribution in [-0.4, -0.2) is 26.1 Å². The Morgan fingerprint density at radius 1 is 1.19 bits per heavy atom. The number of fused-ring (bicyclic) bond motifs is 1. The Kier molecular flexibility index (Phi) is 5.53. The maximum Gasteiger partial charge on any atom is 0.337 e. The second kappa shape index (κ2) is 7.85. The van der Waals surface area contributed by atoms with Crippen molar-refractivity contribution in [1.82, 2.24) is 0 Å². The minimum atomic E-state index is -0.491. The number of methoxy groups -OCH3 is 2. The molecule has 0 aliphatic rings. The summed E-state index contributed by atoms with van der Waals surface area (Å²) in [7, 11) is 2.79. The van der Waals surface area contributed by atoms with Crippen molar-refractivity contribution in [3.63, 3.8) is 0 Å². The first-order valence-corrected chi connectivity index (χ1v) is 8.97. The molecule has 0 unspecified atom stereocenters. The number of aryl methyl sites for hydroxylation is 1. The third-order valence-electron chi connectivity index (χ3n) is 4.17. The highest BCUT2D eigenvalue weighted by atomic mass is 32.1. The van der Waals surface area contributed by atoms with Gasteiger partial charge in [0.05, 0.1) is 24.2 Å². The number of rotatable bonds is 5. The minimum absolute atomic E-state index is 0.116. The van der Waals surface area contributed by atoms with Crippen LogP contribution in [-0.2, 0) is 16.1 Å². The number of amides is 1. The van der Waals surface area contributed by atoms with Crippen LogP contribution in [0.1, 0.15) is 31.2 Å². The maximum absolute atomic E-state index is 14.3. The van der Waals surface area contributed by atoms with Gasteiger partial charge < -0.3 is 14.8 Å². The lowest BCUT2D eigenvalue weighted by Crippen LogP contribution is -2.14. The molecule has 1 N–H and O–H groups in total. The highest BCUT2D eigenvalue weighted by Crippen LogP contribution is 2.34. The van der Waals surface area contributed by atoms with E-state index in [0.717, 1.165) is 5.56 Å². The number of halogens is 1. The van der Waals surface area contributed by atoms with E-state index in [0.29, 0.717) is 31.8 Å². The third-order valence-corrected chi connectivity index (χ3v) is 5.36. The molecule has 0 spiro atoms. The van der Waals surface area contributed by atoms with Gasteiger partial charge in [0.25, 0.3) is 5.91 Å². The molecule has 0 aliphatic carbocycles. The van der Waals surface area contributed by atoms with Crippen LogP contribution in [0.15, 0.2) is 36.4 Å². The second-order valence-corrected chi connectivity index (χ2v) is 6.98. The van der Waals surface area contributed by atoms with E-state index >= 15 is 0 Å². The van der Waals surface area contributed by atoms with Crippen LogP contribution in [0.4, 0.5) is 10.1 Å². The summed E-state index contributed by atoms with van der Waals surface area (Å²) in [6.07, 6.45) is 0. The summed E-state index contributed by atoms with van der Waals surface area (Å²) < 4.78 is 24.9. The monoisotopic (exact) mass is 387 g/mol. The first-order valence-electron chi connectivity index (χ1n) is 8.15. The molecule has 0 aliphatic heterocycles. The van der Waals surface area contributed by atoms with Crippen LogP contribution in [0.25, 0.3) is 10.1 Å². The van der Waals surface area contributed by atoms with Gasteiger partial charge in [-0.25, -0.2) is 9.18 Å². The average Bonchev–Trinajstić information content (AvgIpc) is 3.03. The fraction of sp³-hybridized carbons (Fsp3) is 0.200. The van der Waals surface area contributed by atoms with E-state index in [1.54, 1.807) is 30.3 Å². The zero-order valence-corrected chi connectivity index (χ0v) is 15.9. The van der Waals surface area contributed by atoms with E-state index < -0.39 is 11.8 Å². The van der Waals surface area contributed by atoms with E-state index in [1.165, 1.54) is 31.6 Å². The SMILES string of the molecule is COCc1c(C(=O)Nc2cc(C(=O)OC)ccc2C)sc2cccc(F)c12. The Bertz CT molecular complexity index is 1030. The molecule has 1 heterocycles.